The van der Waals surface area contributed by atoms with Gasteiger partial charge in [-0.1, -0.05) is 66.2 Å². The summed E-state index contributed by atoms with van der Waals surface area (Å²) in [5.41, 5.74) is 3.87. The first-order chi connectivity index (χ1) is 17.7. The van der Waals surface area contributed by atoms with E-state index in [0.717, 1.165) is 32.0 Å². The minimum absolute atomic E-state index is 0.0877. The first-order valence-electron chi connectivity index (χ1n) is 11.6. The van der Waals surface area contributed by atoms with Crippen LogP contribution in [-0.2, 0) is 4.79 Å². The third kappa shape index (κ3) is 4.39. The molecule has 0 saturated carbocycles. The van der Waals surface area contributed by atoms with Gasteiger partial charge in [0.15, 0.2) is 0 Å². The Morgan fingerprint density at radius 1 is 0.861 bits per heavy atom. The average molecular weight is 509 g/mol. The van der Waals surface area contributed by atoms with Crippen molar-refractivity contribution in [3.63, 3.8) is 0 Å². The maximum atomic E-state index is 13.2. The molecule has 1 fully saturated rings. The number of para-hydroxylation sites is 1. The third-order valence-electron chi connectivity index (χ3n) is 6.14. The highest BCUT2D eigenvalue weighted by molar-refractivity contribution is 7.21. The first-order valence-corrected chi connectivity index (χ1v) is 12.8. The number of carbonyl (C=O) groups excluding carboxylic acids is 1. The minimum Gasteiger partial charge on any atom is -0.478 e. The Morgan fingerprint density at radius 3 is 2.33 bits per heavy atom. The molecule has 5 aromatic rings. The molecule has 0 aliphatic carbocycles. The van der Waals surface area contributed by atoms with Gasteiger partial charge >= 0.3 is 0 Å². The second-order valence-corrected chi connectivity index (χ2v) is 9.96. The van der Waals surface area contributed by atoms with E-state index in [0.29, 0.717) is 10.8 Å². The van der Waals surface area contributed by atoms with Crippen molar-refractivity contribution in [2.24, 2.45) is 0 Å². The monoisotopic (exact) mass is 508 g/mol. The Morgan fingerprint density at radius 2 is 1.58 bits per heavy atom. The van der Waals surface area contributed by atoms with Gasteiger partial charge in [-0.2, -0.15) is 0 Å². The van der Waals surface area contributed by atoms with Gasteiger partial charge in [0, 0.05) is 16.3 Å². The number of aromatic nitrogens is 1. The molecule has 6 rings (SSSR count). The van der Waals surface area contributed by atoms with E-state index in [4.69, 9.17) is 21.3 Å². The molecular weight excluding hydrogens is 488 g/mol. The first kappa shape index (κ1) is 22.5. The van der Waals surface area contributed by atoms with Gasteiger partial charge in [0.2, 0.25) is 6.10 Å². The highest BCUT2D eigenvalue weighted by Gasteiger charge is 2.48. The molecule has 0 unspecified atom stereocenters. The molecule has 2 heterocycles. The van der Waals surface area contributed by atoms with E-state index in [1.807, 2.05) is 97.1 Å². The number of fused-ring (bicyclic) bond motifs is 1. The molecule has 176 valence electrons. The molecule has 0 bridgehead atoms. The summed E-state index contributed by atoms with van der Waals surface area (Å²) in [7, 11) is 0. The summed E-state index contributed by atoms with van der Waals surface area (Å²) in [5, 5.41) is 1.59. The van der Waals surface area contributed by atoms with Crippen LogP contribution in [-0.4, -0.2) is 23.0 Å². The van der Waals surface area contributed by atoms with E-state index in [9.17, 15) is 4.79 Å². The highest BCUT2D eigenvalue weighted by Crippen LogP contribution is 2.35. The number of ether oxygens (including phenoxy) is 1. The standard InChI is InChI=1S/C30H21ClN2O2S/c31-22-13-15-23(16-14-22)33-26(19-10-20-6-2-1-3-7-20)28(30(33)34)35-24-17-11-21(12-18-24)29-32-25-8-4-5-9-27(25)36-29/h1-19,26,28H/b19-10+/t26-,28+/m0/s1. The lowest BCUT2D eigenvalue weighted by atomic mass is 9.95. The lowest BCUT2D eigenvalue weighted by Gasteiger charge is -2.45. The summed E-state index contributed by atoms with van der Waals surface area (Å²) in [5.74, 6) is 0.558. The van der Waals surface area contributed by atoms with E-state index in [-0.39, 0.29) is 11.9 Å². The number of rotatable bonds is 6. The Balaban J connectivity index is 1.24. The number of halogens is 1. The van der Waals surface area contributed by atoms with Gasteiger partial charge in [0.1, 0.15) is 16.8 Å². The summed E-state index contributed by atoms with van der Waals surface area (Å²) in [4.78, 5) is 19.7. The Hall–Kier alpha value is -3.93. The second-order valence-electron chi connectivity index (χ2n) is 8.49. The number of amides is 1. The van der Waals surface area contributed by atoms with Gasteiger partial charge in [0.05, 0.1) is 10.2 Å². The molecule has 1 amide bonds. The quantitative estimate of drug-likeness (QED) is 0.223. The molecule has 0 N–H and O–H groups in total. The topological polar surface area (TPSA) is 42.4 Å². The highest BCUT2D eigenvalue weighted by atomic mass is 35.5. The maximum absolute atomic E-state index is 13.2. The molecule has 4 aromatic carbocycles. The van der Waals surface area contributed by atoms with E-state index >= 15 is 0 Å². The molecule has 1 saturated heterocycles. The molecule has 1 aliphatic heterocycles. The second kappa shape index (κ2) is 9.61. The van der Waals surface area contributed by atoms with Crippen molar-refractivity contribution in [2.75, 3.05) is 4.90 Å². The summed E-state index contributed by atoms with van der Waals surface area (Å²) in [6.45, 7) is 0. The minimum atomic E-state index is -0.617. The molecule has 0 radical (unpaired) electrons. The van der Waals surface area contributed by atoms with Gasteiger partial charge in [-0.3, -0.25) is 9.69 Å². The smallest absolute Gasteiger partial charge is 0.271 e. The van der Waals surface area contributed by atoms with Crippen LogP contribution in [0, 0.1) is 0 Å². The number of thiazole rings is 1. The molecule has 0 spiro atoms. The van der Waals surface area contributed by atoms with Gasteiger partial charge in [-0.15, -0.1) is 11.3 Å². The van der Waals surface area contributed by atoms with Crippen molar-refractivity contribution in [2.45, 2.75) is 12.1 Å². The van der Waals surface area contributed by atoms with Crippen LogP contribution < -0.4 is 9.64 Å². The molecule has 1 aromatic heterocycles. The fourth-order valence-corrected chi connectivity index (χ4v) is 5.38. The van der Waals surface area contributed by atoms with Crippen molar-refractivity contribution in [3.05, 3.63) is 120 Å². The van der Waals surface area contributed by atoms with Crippen molar-refractivity contribution >= 4 is 50.8 Å². The summed E-state index contributed by atoms with van der Waals surface area (Å²) >= 11 is 7.72. The van der Waals surface area contributed by atoms with E-state index in [2.05, 4.69) is 6.07 Å². The van der Waals surface area contributed by atoms with E-state index in [1.54, 1.807) is 28.4 Å². The van der Waals surface area contributed by atoms with Crippen molar-refractivity contribution in [1.29, 1.82) is 0 Å². The number of carbonyl (C=O) groups is 1. The van der Waals surface area contributed by atoms with Crippen LogP contribution in [0.15, 0.2) is 109 Å². The van der Waals surface area contributed by atoms with Crippen LogP contribution in [0.2, 0.25) is 5.02 Å². The van der Waals surface area contributed by atoms with Gasteiger partial charge < -0.3 is 4.74 Å². The number of benzene rings is 4. The lowest BCUT2D eigenvalue weighted by Crippen LogP contribution is -2.66. The van der Waals surface area contributed by atoms with Crippen LogP contribution >= 0.6 is 22.9 Å². The fraction of sp³-hybridized carbons (Fsp3) is 0.0667. The molecule has 6 heteroatoms. The Bertz CT molecular complexity index is 1510. The zero-order valence-corrected chi connectivity index (χ0v) is 20.7. The number of nitrogens with zero attached hydrogens (tertiary/aromatic N) is 2. The van der Waals surface area contributed by atoms with Gasteiger partial charge in [-0.25, -0.2) is 4.98 Å². The number of anilines is 1. The zero-order chi connectivity index (χ0) is 24.5. The molecule has 2 atom stereocenters. The van der Waals surface area contributed by atoms with Crippen LogP contribution in [0.3, 0.4) is 0 Å². The number of β-lactam (4-membered cyclic amide) rings is 1. The lowest BCUT2D eigenvalue weighted by molar-refractivity contribution is -0.133. The Labute approximate surface area is 218 Å². The average Bonchev–Trinajstić information content (AvgIpc) is 3.36. The van der Waals surface area contributed by atoms with Gasteiger partial charge in [-0.05, 0) is 66.2 Å². The van der Waals surface area contributed by atoms with Crippen LogP contribution in [0.5, 0.6) is 5.75 Å². The molecular formula is C30H21ClN2O2S. The summed E-state index contributed by atoms with van der Waals surface area (Å²) in [6, 6.07) is 32.9. The van der Waals surface area contributed by atoms with Gasteiger partial charge in [0.25, 0.3) is 5.91 Å². The Kier molecular flexibility index (Phi) is 6.01. The summed E-state index contributed by atoms with van der Waals surface area (Å²) in [6.07, 6.45) is 3.42. The summed E-state index contributed by atoms with van der Waals surface area (Å²) < 4.78 is 7.36. The normalized spacial score (nSPS) is 17.5. The van der Waals surface area contributed by atoms with Crippen molar-refractivity contribution in [1.82, 2.24) is 4.98 Å². The predicted octanol–water partition coefficient (Wildman–Crippen LogP) is 7.49. The zero-order valence-electron chi connectivity index (χ0n) is 19.1. The predicted molar refractivity (Wildman–Crippen MR) is 148 cm³/mol. The van der Waals surface area contributed by atoms with Crippen molar-refractivity contribution in [3.8, 4) is 16.3 Å². The maximum Gasteiger partial charge on any atom is 0.271 e. The van der Waals surface area contributed by atoms with Crippen molar-refractivity contribution < 1.29 is 9.53 Å². The fourth-order valence-electron chi connectivity index (χ4n) is 4.28. The molecule has 1 aliphatic rings. The van der Waals surface area contributed by atoms with E-state index < -0.39 is 6.10 Å². The number of hydrogen-bond acceptors (Lipinski definition) is 4. The molecule has 4 nitrogen and oxygen atoms in total. The third-order valence-corrected chi connectivity index (χ3v) is 7.48. The molecule has 36 heavy (non-hydrogen) atoms. The van der Waals surface area contributed by atoms with Crippen LogP contribution in [0.25, 0.3) is 26.9 Å². The number of hydrogen-bond donors (Lipinski definition) is 0. The van der Waals surface area contributed by atoms with Crippen LogP contribution in [0.4, 0.5) is 5.69 Å². The van der Waals surface area contributed by atoms with E-state index in [1.165, 1.54) is 0 Å². The SMILES string of the molecule is O=C1[C@H](Oc2ccc(-c3nc4ccccc4s3)cc2)[C@H](/C=C/c2ccccc2)N1c1ccc(Cl)cc1. The van der Waals surface area contributed by atoms with Crippen LogP contribution in [0.1, 0.15) is 5.56 Å². The largest absolute Gasteiger partial charge is 0.478 e.